The highest BCUT2D eigenvalue weighted by molar-refractivity contribution is 9.10. The molecular formula is C14H11BrClN. The van der Waals surface area contributed by atoms with Gasteiger partial charge in [0.2, 0.25) is 0 Å². The quantitative estimate of drug-likeness (QED) is 0.637. The number of rotatable bonds is 0. The van der Waals surface area contributed by atoms with E-state index in [1.165, 1.54) is 16.7 Å². The van der Waals surface area contributed by atoms with Crippen molar-refractivity contribution in [2.24, 2.45) is 0 Å². The first-order valence-electron chi connectivity index (χ1n) is 5.47. The Morgan fingerprint density at radius 1 is 1.12 bits per heavy atom. The lowest BCUT2D eigenvalue weighted by molar-refractivity contribution is 0.659. The zero-order valence-corrected chi connectivity index (χ0v) is 11.9. The van der Waals surface area contributed by atoms with Crippen LogP contribution >= 0.6 is 27.5 Å². The van der Waals surface area contributed by atoms with Crippen LogP contribution in [0.1, 0.15) is 25.0 Å². The van der Waals surface area contributed by atoms with Crippen molar-refractivity contribution in [1.82, 2.24) is 4.98 Å². The Hall–Kier alpha value is -0.860. The van der Waals surface area contributed by atoms with E-state index < -0.39 is 0 Å². The molecule has 1 aliphatic rings. The second kappa shape index (κ2) is 3.56. The average Bonchev–Trinajstić information content (AvgIpc) is 2.47. The molecule has 0 N–H and O–H groups in total. The third-order valence-corrected chi connectivity index (χ3v) is 4.15. The molecule has 1 aromatic heterocycles. The molecule has 17 heavy (non-hydrogen) atoms. The zero-order valence-electron chi connectivity index (χ0n) is 9.59. The molecule has 0 radical (unpaired) electrons. The fourth-order valence-electron chi connectivity index (χ4n) is 2.55. The highest BCUT2D eigenvalue weighted by Gasteiger charge is 2.36. The van der Waals surface area contributed by atoms with Gasteiger partial charge in [-0.25, -0.2) is 4.98 Å². The van der Waals surface area contributed by atoms with E-state index in [-0.39, 0.29) is 5.41 Å². The van der Waals surface area contributed by atoms with Gasteiger partial charge >= 0.3 is 0 Å². The van der Waals surface area contributed by atoms with Gasteiger partial charge in [-0.15, -0.1) is 0 Å². The SMILES string of the molecule is CC1(C)c2ccc(Br)cc2-c2nc(Cl)ccc21. The number of benzene rings is 1. The van der Waals surface area contributed by atoms with Gasteiger partial charge in [0.15, 0.2) is 0 Å². The molecule has 1 aromatic carbocycles. The van der Waals surface area contributed by atoms with E-state index in [9.17, 15) is 0 Å². The van der Waals surface area contributed by atoms with Crippen molar-refractivity contribution in [2.75, 3.05) is 0 Å². The molecule has 2 aromatic rings. The Kier molecular flexibility index (Phi) is 2.36. The van der Waals surface area contributed by atoms with Crippen LogP contribution in [0.2, 0.25) is 5.15 Å². The monoisotopic (exact) mass is 307 g/mol. The van der Waals surface area contributed by atoms with E-state index in [2.05, 4.69) is 59.0 Å². The van der Waals surface area contributed by atoms with E-state index >= 15 is 0 Å². The van der Waals surface area contributed by atoms with Gasteiger partial charge < -0.3 is 0 Å². The molecule has 0 spiro atoms. The Morgan fingerprint density at radius 2 is 1.82 bits per heavy atom. The average molecular weight is 309 g/mol. The van der Waals surface area contributed by atoms with E-state index in [4.69, 9.17) is 11.6 Å². The Labute approximate surface area is 114 Å². The number of fused-ring (bicyclic) bond motifs is 3. The molecule has 0 fully saturated rings. The molecule has 0 atom stereocenters. The minimum Gasteiger partial charge on any atom is -0.236 e. The van der Waals surface area contributed by atoms with Gasteiger partial charge in [-0.3, -0.25) is 0 Å². The summed E-state index contributed by atoms with van der Waals surface area (Å²) in [6.07, 6.45) is 0. The standard InChI is InChI=1S/C14H11BrClN/c1-14(2)10-4-3-8(15)7-9(10)13-11(14)5-6-12(16)17-13/h3-7H,1-2H3. The highest BCUT2D eigenvalue weighted by Crippen LogP contribution is 2.48. The van der Waals surface area contributed by atoms with Gasteiger partial charge in [-0.05, 0) is 29.3 Å². The third kappa shape index (κ3) is 1.54. The van der Waals surface area contributed by atoms with Crippen LogP contribution in [-0.4, -0.2) is 4.98 Å². The lowest BCUT2D eigenvalue weighted by Crippen LogP contribution is -2.14. The maximum absolute atomic E-state index is 6.00. The topological polar surface area (TPSA) is 12.9 Å². The molecule has 0 amide bonds. The number of aromatic nitrogens is 1. The molecule has 3 rings (SSSR count). The molecule has 0 unspecified atom stereocenters. The van der Waals surface area contributed by atoms with Crippen LogP contribution in [0, 0.1) is 0 Å². The number of nitrogens with zero attached hydrogens (tertiary/aromatic N) is 1. The summed E-state index contributed by atoms with van der Waals surface area (Å²) in [5.74, 6) is 0. The Morgan fingerprint density at radius 3 is 2.59 bits per heavy atom. The van der Waals surface area contributed by atoms with Crippen molar-refractivity contribution in [1.29, 1.82) is 0 Å². The number of hydrogen-bond donors (Lipinski definition) is 0. The van der Waals surface area contributed by atoms with E-state index in [1.807, 2.05) is 6.07 Å². The van der Waals surface area contributed by atoms with Gasteiger partial charge in [-0.2, -0.15) is 0 Å². The maximum Gasteiger partial charge on any atom is 0.129 e. The van der Waals surface area contributed by atoms with Gasteiger partial charge in [0.25, 0.3) is 0 Å². The third-order valence-electron chi connectivity index (χ3n) is 3.44. The first-order chi connectivity index (χ1) is 8.00. The van der Waals surface area contributed by atoms with Crippen LogP contribution in [-0.2, 0) is 5.41 Å². The van der Waals surface area contributed by atoms with Gasteiger partial charge in [0.1, 0.15) is 5.15 Å². The van der Waals surface area contributed by atoms with E-state index in [0.29, 0.717) is 5.15 Å². The van der Waals surface area contributed by atoms with Gasteiger partial charge in [0, 0.05) is 15.5 Å². The number of hydrogen-bond acceptors (Lipinski definition) is 1. The van der Waals surface area contributed by atoms with Crippen LogP contribution < -0.4 is 0 Å². The molecule has 1 heterocycles. The van der Waals surface area contributed by atoms with Crippen LogP contribution in [0.5, 0.6) is 0 Å². The highest BCUT2D eigenvalue weighted by atomic mass is 79.9. The largest absolute Gasteiger partial charge is 0.236 e. The van der Waals surface area contributed by atoms with Crippen molar-refractivity contribution in [3.63, 3.8) is 0 Å². The lowest BCUT2D eigenvalue weighted by atomic mass is 9.83. The zero-order chi connectivity index (χ0) is 12.2. The van der Waals surface area contributed by atoms with Crippen LogP contribution in [0.25, 0.3) is 11.3 Å². The van der Waals surface area contributed by atoms with Crippen LogP contribution in [0.4, 0.5) is 0 Å². The molecule has 0 saturated carbocycles. The number of pyridine rings is 1. The maximum atomic E-state index is 6.00. The lowest BCUT2D eigenvalue weighted by Gasteiger charge is -2.20. The van der Waals surface area contributed by atoms with Crippen molar-refractivity contribution in [3.8, 4) is 11.3 Å². The molecule has 0 bridgehead atoms. The Balaban J connectivity index is 2.39. The summed E-state index contributed by atoms with van der Waals surface area (Å²) in [6, 6.07) is 10.3. The molecule has 1 nitrogen and oxygen atoms in total. The minimum absolute atomic E-state index is 0.00293. The van der Waals surface area contributed by atoms with Gasteiger partial charge in [-0.1, -0.05) is 53.5 Å². The van der Waals surface area contributed by atoms with Crippen molar-refractivity contribution >= 4 is 27.5 Å². The van der Waals surface area contributed by atoms with Crippen LogP contribution in [0.15, 0.2) is 34.8 Å². The summed E-state index contributed by atoms with van der Waals surface area (Å²) >= 11 is 9.51. The fourth-order valence-corrected chi connectivity index (χ4v) is 3.06. The summed E-state index contributed by atoms with van der Waals surface area (Å²) in [4.78, 5) is 4.48. The van der Waals surface area contributed by atoms with Gasteiger partial charge in [0.05, 0.1) is 5.69 Å². The summed E-state index contributed by atoms with van der Waals surface area (Å²) in [6.45, 7) is 4.45. The van der Waals surface area contributed by atoms with Crippen molar-refractivity contribution in [2.45, 2.75) is 19.3 Å². The predicted octanol–water partition coefficient (Wildman–Crippen LogP) is 4.80. The summed E-state index contributed by atoms with van der Waals surface area (Å²) in [5, 5.41) is 0.548. The molecular weight excluding hydrogens is 298 g/mol. The minimum atomic E-state index is 0.00293. The second-order valence-electron chi connectivity index (χ2n) is 4.85. The first-order valence-corrected chi connectivity index (χ1v) is 6.64. The van der Waals surface area contributed by atoms with Crippen LogP contribution in [0.3, 0.4) is 0 Å². The van der Waals surface area contributed by atoms with Crippen molar-refractivity contribution in [3.05, 3.63) is 51.1 Å². The molecule has 1 aliphatic carbocycles. The molecule has 3 heteroatoms. The molecule has 86 valence electrons. The Bertz CT molecular complexity index is 566. The number of halogens is 2. The normalized spacial score (nSPS) is 15.5. The molecule has 0 saturated heterocycles. The van der Waals surface area contributed by atoms with E-state index in [0.717, 1.165) is 10.2 Å². The smallest absolute Gasteiger partial charge is 0.129 e. The summed E-state index contributed by atoms with van der Waals surface area (Å²) in [7, 11) is 0. The first kappa shape index (κ1) is 11.2. The van der Waals surface area contributed by atoms with E-state index in [1.54, 1.807) is 0 Å². The summed E-state index contributed by atoms with van der Waals surface area (Å²) in [5.41, 5.74) is 4.75. The second-order valence-corrected chi connectivity index (χ2v) is 6.15. The van der Waals surface area contributed by atoms with Crippen molar-refractivity contribution < 1.29 is 0 Å². The predicted molar refractivity (Wildman–Crippen MR) is 74.5 cm³/mol. The molecule has 0 aliphatic heterocycles. The summed E-state index contributed by atoms with van der Waals surface area (Å²) < 4.78 is 1.07. The fraction of sp³-hybridized carbons (Fsp3) is 0.214.